The summed E-state index contributed by atoms with van der Waals surface area (Å²) in [5.74, 6) is -0.204. The number of aliphatic carboxylic acids is 1. The third-order valence-electron chi connectivity index (χ3n) is 4.81. The summed E-state index contributed by atoms with van der Waals surface area (Å²) in [6.45, 7) is 2.17. The molecule has 4 aromatic rings. The van der Waals surface area contributed by atoms with Crippen LogP contribution in [0.1, 0.15) is 19.8 Å². The Bertz CT molecular complexity index is 1120. The third kappa shape index (κ3) is 4.61. The van der Waals surface area contributed by atoms with Gasteiger partial charge >= 0.3 is 5.97 Å². The molecule has 0 saturated carbocycles. The molecule has 9 nitrogen and oxygen atoms in total. The summed E-state index contributed by atoms with van der Waals surface area (Å²) in [4.78, 5) is 28.1. The second-order valence-electron chi connectivity index (χ2n) is 6.97. The van der Waals surface area contributed by atoms with Crippen LogP contribution in [-0.2, 0) is 4.79 Å². The first kappa shape index (κ1) is 20.3. The van der Waals surface area contributed by atoms with Gasteiger partial charge in [0.05, 0.1) is 17.7 Å². The van der Waals surface area contributed by atoms with E-state index in [0.717, 1.165) is 17.5 Å². The van der Waals surface area contributed by atoms with Crippen LogP contribution in [0.4, 0.5) is 6.01 Å². The quantitative estimate of drug-likeness (QED) is 0.406. The standard InChI is InChI=1S/C22H21N5O4/c1-2-3-16(21(28)29)10-26-22-27-19(20(31-22)17-8-23-12-24-9-17)15-6-4-14(5-7-15)18-11-25-13-30-18/h4-9,11-13,16H,2-3,10H2,1H3,(H,26,27)(H,28,29). The van der Waals surface area contributed by atoms with Gasteiger partial charge < -0.3 is 19.3 Å². The van der Waals surface area contributed by atoms with Crippen LogP contribution in [0.5, 0.6) is 0 Å². The molecule has 0 aliphatic rings. The lowest BCUT2D eigenvalue weighted by molar-refractivity contribution is -0.141. The molecule has 0 saturated heterocycles. The number of hydrogen-bond donors (Lipinski definition) is 2. The highest BCUT2D eigenvalue weighted by atomic mass is 16.4. The molecule has 4 rings (SSSR count). The Balaban J connectivity index is 1.65. The van der Waals surface area contributed by atoms with Crippen molar-refractivity contribution in [1.82, 2.24) is 19.9 Å². The van der Waals surface area contributed by atoms with Crippen molar-refractivity contribution in [3.05, 3.63) is 55.6 Å². The molecule has 0 bridgehead atoms. The maximum atomic E-state index is 11.4. The summed E-state index contributed by atoms with van der Waals surface area (Å²) in [5.41, 5.74) is 2.98. The van der Waals surface area contributed by atoms with E-state index < -0.39 is 11.9 Å². The van der Waals surface area contributed by atoms with Gasteiger partial charge in [-0.25, -0.2) is 15.0 Å². The summed E-state index contributed by atoms with van der Waals surface area (Å²) in [7, 11) is 0. The number of benzene rings is 1. The van der Waals surface area contributed by atoms with Crippen molar-refractivity contribution in [3.63, 3.8) is 0 Å². The van der Waals surface area contributed by atoms with Crippen LogP contribution < -0.4 is 5.32 Å². The van der Waals surface area contributed by atoms with E-state index >= 15 is 0 Å². The largest absolute Gasteiger partial charge is 0.481 e. The van der Waals surface area contributed by atoms with Crippen molar-refractivity contribution in [2.75, 3.05) is 11.9 Å². The number of oxazole rings is 2. The van der Waals surface area contributed by atoms with Crippen LogP contribution in [0, 0.1) is 5.92 Å². The molecule has 3 aromatic heterocycles. The Labute approximate surface area is 178 Å². The fourth-order valence-corrected chi connectivity index (χ4v) is 3.23. The Morgan fingerprint density at radius 1 is 1.06 bits per heavy atom. The molecule has 0 aliphatic heterocycles. The van der Waals surface area contributed by atoms with Gasteiger partial charge in [-0.1, -0.05) is 37.6 Å². The van der Waals surface area contributed by atoms with E-state index in [2.05, 4.69) is 25.3 Å². The molecule has 0 fully saturated rings. The first-order chi connectivity index (χ1) is 15.2. The van der Waals surface area contributed by atoms with Gasteiger partial charge in [0, 0.05) is 30.1 Å². The highest BCUT2D eigenvalue weighted by Crippen LogP contribution is 2.34. The first-order valence-electron chi connectivity index (χ1n) is 9.88. The second kappa shape index (κ2) is 9.21. The third-order valence-corrected chi connectivity index (χ3v) is 4.81. The zero-order chi connectivity index (χ0) is 21.6. The zero-order valence-electron chi connectivity index (χ0n) is 16.9. The van der Waals surface area contributed by atoms with Gasteiger partial charge in [-0.3, -0.25) is 4.79 Å². The van der Waals surface area contributed by atoms with E-state index in [0.29, 0.717) is 29.2 Å². The second-order valence-corrected chi connectivity index (χ2v) is 6.97. The van der Waals surface area contributed by atoms with E-state index in [1.165, 1.54) is 12.7 Å². The molecule has 1 unspecified atom stereocenters. The molecule has 2 N–H and O–H groups in total. The van der Waals surface area contributed by atoms with Gasteiger partial charge in [0.2, 0.25) is 0 Å². The maximum absolute atomic E-state index is 11.4. The van der Waals surface area contributed by atoms with Gasteiger partial charge in [0.1, 0.15) is 12.0 Å². The predicted molar refractivity (Wildman–Crippen MR) is 113 cm³/mol. The van der Waals surface area contributed by atoms with E-state index in [9.17, 15) is 9.90 Å². The van der Waals surface area contributed by atoms with Gasteiger partial charge in [-0.15, -0.1) is 0 Å². The molecule has 1 aromatic carbocycles. The molecule has 9 heteroatoms. The molecule has 0 aliphatic carbocycles. The number of carbonyl (C=O) groups is 1. The average Bonchev–Trinajstić information content (AvgIpc) is 3.48. The molecule has 0 spiro atoms. The molecule has 0 amide bonds. The summed E-state index contributed by atoms with van der Waals surface area (Å²) in [5, 5.41) is 12.4. The smallest absolute Gasteiger partial charge is 0.308 e. The first-order valence-corrected chi connectivity index (χ1v) is 9.88. The van der Waals surface area contributed by atoms with Gasteiger partial charge in [-0.05, 0) is 6.42 Å². The monoisotopic (exact) mass is 419 g/mol. The van der Waals surface area contributed by atoms with Crippen LogP contribution in [-0.4, -0.2) is 37.6 Å². The van der Waals surface area contributed by atoms with E-state index in [-0.39, 0.29) is 12.6 Å². The number of carboxylic acid groups (broad SMARTS) is 1. The van der Waals surface area contributed by atoms with E-state index in [1.54, 1.807) is 18.6 Å². The highest BCUT2D eigenvalue weighted by molar-refractivity contribution is 5.78. The van der Waals surface area contributed by atoms with E-state index in [1.807, 2.05) is 31.2 Å². The summed E-state index contributed by atoms with van der Waals surface area (Å²) < 4.78 is 11.3. The summed E-state index contributed by atoms with van der Waals surface area (Å²) >= 11 is 0. The number of hydrogen-bond acceptors (Lipinski definition) is 8. The average molecular weight is 419 g/mol. The SMILES string of the molecule is CCCC(CNc1nc(-c2ccc(-c3cnco3)cc2)c(-c2cncnc2)o1)C(=O)O. The van der Waals surface area contributed by atoms with Crippen LogP contribution in [0.2, 0.25) is 0 Å². The van der Waals surface area contributed by atoms with Crippen molar-refractivity contribution in [2.45, 2.75) is 19.8 Å². The number of carboxylic acids is 1. The van der Waals surface area contributed by atoms with E-state index in [4.69, 9.17) is 8.83 Å². The lowest BCUT2D eigenvalue weighted by Gasteiger charge is -2.10. The molecular weight excluding hydrogens is 398 g/mol. The Kier molecular flexibility index (Phi) is 6.02. The molecule has 0 radical (unpaired) electrons. The molecule has 31 heavy (non-hydrogen) atoms. The van der Waals surface area contributed by atoms with Crippen molar-refractivity contribution < 1.29 is 18.7 Å². The number of aromatic nitrogens is 4. The van der Waals surface area contributed by atoms with Gasteiger partial charge in [-0.2, -0.15) is 4.98 Å². The predicted octanol–water partition coefficient (Wildman–Crippen LogP) is 4.37. The van der Waals surface area contributed by atoms with Crippen LogP contribution in [0.25, 0.3) is 33.9 Å². The van der Waals surface area contributed by atoms with Crippen LogP contribution in [0.15, 0.2) is 64.4 Å². The Morgan fingerprint density at radius 2 is 1.81 bits per heavy atom. The van der Waals surface area contributed by atoms with Crippen LogP contribution in [0.3, 0.4) is 0 Å². The van der Waals surface area contributed by atoms with Crippen molar-refractivity contribution in [3.8, 4) is 33.9 Å². The minimum absolute atomic E-state index is 0.221. The summed E-state index contributed by atoms with van der Waals surface area (Å²) in [6, 6.07) is 7.87. The van der Waals surface area contributed by atoms with Crippen molar-refractivity contribution in [1.29, 1.82) is 0 Å². The van der Waals surface area contributed by atoms with Gasteiger partial charge in [0.15, 0.2) is 17.9 Å². The normalized spacial score (nSPS) is 11.9. The topological polar surface area (TPSA) is 127 Å². The maximum Gasteiger partial charge on any atom is 0.308 e. The number of nitrogens with one attached hydrogen (secondary N) is 1. The minimum atomic E-state index is -0.846. The number of nitrogens with zero attached hydrogens (tertiary/aromatic N) is 4. The Morgan fingerprint density at radius 3 is 2.45 bits per heavy atom. The van der Waals surface area contributed by atoms with Crippen molar-refractivity contribution in [2.24, 2.45) is 5.92 Å². The fraction of sp³-hybridized carbons (Fsp3) is 0.227. The highest BCUT2D eigenvalue weighted by Gasteiger charge is 2.21. The Hall–Kier alpha value is -4.01. The summed E-state index contributed by atoms with van der Waals surface area (Å²) in [6.07, 6.45) is 9.09. The lowest BCUT2D eigenvalue weighted by atomic mass is 10.0. The fourth-order valence-electron chi connectivity index (χ4n) is 3.23. The molecule has 3 heterocycles. The molecule has 1 atom stereocenters. The van der Waals surface area contributed by atoms with Gasteiger partial charge in [0.25, 0.3) is 6.01 Å². The zero-order valence-corrected chi connectivity index (χ0v) is 16.9. The lowest BCUT2D eigenvalue weighted by Crippen LogP contribution is -2.22. The molecular formula is C22H21N5O4. The minimum Gasteiger partial charge on any atom is -0.481 e. The number of rotatable bonds is 9. The van der Waals surface area contributed by atoms with Crippen molar-refractivity contribution >= 4 is 12.0 Å². The van der Waals surface area contributed by atoms with Crippen LogP contribution >= 0.6 is 0 Å². The number of anilines is 1. The molecule has 158 valence electrons.